The topological polar surface area (TPSA) is 98.1 Å². The minimum absolute atomic E-state index is 0.178. The summed E-state index contributed by atoms with van der Waals surface area (Å²) >= 11 is 0. The van der Waals surface area contributed by atoms with E-state index in [-0.39, 0.29) is 12.3 Å². The fourth-order valence-electron chi connectivity index (χ4n) is 1.25. The standard InChI is InChI=1S/C8H5N3O4/c12-4-15-5-1-2-6-7(3-5)9-10-8(6)11(13)14/h1-4H,(H,9,10). The quantitative estimate of drug-likeness (QED) is 0.460. The Morgan fingerprint density at radius 2 is 2.33 bits per heavy atom. The first-order valence-electron chi connectivity index (χ1n) is 3.95. The zero-order valence-corrected chi connectivity index (χ0v) is 7.34. The fraction of sp³-hybridized carbons (Fsp3) is 0. The van der Waals surface area contributed by atoms with Gasteiger partial charge in [0.2, 0.25) is 0 Å². The van der Waals surface area contributed by atoms with Gasteiger partial charge in [-0.25, -0.2) is 0 Å². The van der Waals surface area contributed by atoms with Gasteiger partial charge in [0.25, 0.3) is 6.47 Å². The molecule has 0 unspecified atom stereocenters. The number of H-pyrrole nitrogens is 1. The predicted octanol–water partition coefficient (Wildman–Crippen LogP) is 1.01. The lowest BCUT2D eigenvalue weighted by Crippen LogP contribution is -1.89. The van der Waals surface area contributed by atoms with E-state index in [2.05, 4.69) is 14.9 Å². The van der Waals surface area contributed by atoms with E-state index in [1.165, 1.54) is 18.2 Å². The normalized spacial score (nSPS) is 10.1. The summed E-state index contributed by atoms with van der Waals surface area (Å²) in [5, 5.41) is 16.9. The van der Waals surface area contributed by atoms with Crippen molar-refractivity contribution in [2.75, 3.05) is 0 Å². The highest BCUT2D eigenvalue weighted by Gasteiger charge is 2.14. The lowest BCUT2D eigenvalue weighted by Gasteiger charge is -1.95. The van der Waals surface area contributed by atoms with Crippen LogP contribution in [0.5, 0.6) is 5.75 Å². The van der Waals surface area contributed by atoms with Gasteiger partial charge in [0.05, 0.1) is 5.39 Å². The summed E-state index contributed by atoms with van der Waals surface area (Å²) in [7, 11) is 0. The first kappa shape index (κ1) is 9.13. The molecular weight excluding hydrogens is 202 g/mol. The molecule has 1 heterocycles. The van der Waals surface area contributed by atoms with Gasteiger partial charge in [0, 0.05) is 6.07 Å². The third kappa shape index (κ3) is 1.50. The molecule has 0 amide bonds. The van der Waals surface area contributed by atoms with Gasteiger partial charge in [-0.1, -0.05) is 5.10 Å². The van der Waals surface area contributed by atoms with Crippen LogP contribution in [0.15, 0.2) is 18.2 Å². The zero-order valence-electron chi connectivity index (χ0n) is 7.34. The van der Waals surface area contributed by atoms with Gasteiger partial charge in [-0.05, 0) is 17.1 Å². The van der Waals surface area contributed by atoms with Crippen molar-refractivity contribution >= 4 is 23.2 Å². The molecular formula is C8H5N3O4. The van der Waals surface area contributed by atoms with Gasteiger partial charge >= 0.3 is 5.82 Å². The molecule has 2 rings (SSSR count). The van der Waals surface area contributed by atoms with Crippen molar-refractivity contribution in [1.29, 1.82) is 0 Å². The lowest BCUT2D eigenvalue weighted by atomic mass is 10.2. The molecule has 0 radical (unpaired) electrons. The predicted molar refractivity (Wildman–Crippen MR) is 49.4 cm³/mol. The number of nitrogens with one attached hydrogen (secondary N) is 1. The summed E-state index contributed by atoms with van der Waals surface area (Å²) in [5.74, 6) is 0.113. The third-order valence-electron chi connectivity index (χ3n) is 1.87. The first-order valence-corrected chi connectivity index (χ1v) is 3.95. The lowest BCUT2D eigenvalue weighted by molar-refractivity contribution is -0.387. The number of carbonyl (C=O) groups excluding carboxylic acids is 1. The summed E-state index contributed by atoms with van der Waals surface area (Å²) in [4.78, 5) is 20.0. The Bertz CT molecular complexity index is 534. The van der Waals surface area contributed by atoms with Crippen molar-refractivity contribution in [1.82, 2.24) is 10.2 Å². The van der Waals surface area contributed by atoms with Crippen LogP contribution in [0.2, 0.25) is 0 Å². The highest BCUT2D eigenvalue weighted by atomic mass is 16.6. The molecule has 15 heavy (non-hydrogen) atoms. The van der Waals surface area contributed by atoms with Gasteiger partial charge < -0.3 is 14.9 Å². The molecule has 0 aliphatic carbocycles. The van der Waals surface area contributed by atoms with Crippen molar-refractivity contribution < 1.29 is 14.5 Å². The van der Waals surface area contributed by atoms with E-state index in [0.29, 0.717) is 16.7 Å². The number of nitro groups is 1. The van der Waals surface area contributed by atoms with Crippen molar-refractivity contribution in [3.05, 3.63) is 28.3 Å². The summed E-state index contributed by atoms with van der Waals surface area (Å²) in [6, 6.07) is 4.36. The Kier molecular flexibility index (Phi) is 2.05. The van der Waals surface area contributed by atoms with Crippen molar-refractivity contribution in [2.24, 2.45) is 0 Å². The molecule has 1 N–H and O–H groups in total. The number of aromatic amines is 1. The average molecular weight is 207 g/mol. The van der Waals surface area contributed by atoms with Crippen LogP contribution in [-0.4, -0.2) is 21.6 Å². The molecule has 0 fully saturated rings. The molecule has 7 heteroatoms. The van der Waals surface area contributed by atoms with Gasteiger partial charge in [-0.3, -0.25) is 4.79 Å². The maximum Gasteiger partial charge on any atom is 0.350 e. The van der Waals surface area contributed by atoms with E-state index in [1.54, 1.807) is 0 Å². The number of benzene rings is 1. The van der Waals surface area contributed by atoms with Crippen molar-refractivity contribution in [3.63, 3.8) is 0 Å². The number of ether oxygens (including phenoxy) is 1. The van der Waals surface area contributed by atoms with Crippen LogP contribution in [-0.2, 0) is 4.79 Å². The molecule has 7 nitrogen and oxygen atoms in total. The molecule has 0 bridgehead atoms. The van der Waals surface area contributed by atoms with E-state index in [4.69, 9.17) is 0 Å². The molecule has 0 aliphatic rings. The van der Waals surface area contributed by atoms with Gasteiger partial charge in [-0.15, -0.1) is 5.10 Å². The Hall–Kier alpha value is -2.44. The van der Waals surface area contributed by atoms with Gasteiger partial charge in [0.1, 0.15) is 11.3 Å². The molecule has 0 saturated heterocycles. The van der Waals surface area contributed by atoms with E-state index in [1.807, 2.05) is 0 Å². The highest BCUT2D eigenvalue weighted by Crippen LogP contribution is 2.25. The zero-order chi connectivity index (χ0) is 10.8. The van der Waals surface area contributed by atoms with Gasteiger partial charge in [-0.2, -0.15) is 0 Å². The van der Waals surface area contributed by atoms with Crippen molar-refractivity contribution in [2.45, 2.75) is 0 Å². The molecule has 0 atom stereocenters. The Balaban J connectivity index is 2.56. The summed E-state index contributed by atoms with van der Waals surface area (Å²) < 4.78 is 4.58. The molecule has 1 aromatic heterocycles. The van der Waals surface area contributed by atoms with Crippen molar-refractivity contribution in [3.8, 4) is 5.75 Å². The monoisotopic (exact) mass is 207 g/mol. The first-order chi connectivity index (χ1) is 7.22. The number of nitrogens with zero attached hydrogens (tertiary/aromatic N) is 2. The molecule has 0 aliphatic heterocycles. The van der Waals surface area contributed by atoms with E-state index < -0.39 is 4.92 Å². The van der Waals surface area contributed by atoms with Gasteiger partial charge in [0.15, 0.2) is 0 Å². The van der Waals surface area contributed by atoms with E-state index in [0.717, 1.165) is 0 Å². The maximum atomic E-state index is 10.5. The third-order valence-corrected chi connectivity index (χ3v) is 1.87. The Labute approximate surface area is 82.8 Å². The molecule has 1 aromatic carbocycles. The van der Waals surface area contributed by atoms with Crippen LogP contribution in [0.3, 0.4) is 0 Å². The van der Waals surface area contributed by atoms with Crippen LogP contribution >= 0.6 is 0 Å². The molecule has 0 spiro atoms. The highest BCUT2D eigenvalue weighted by molar-refractivity contribution is 5.87. The maximum absolute atomic E-state index is 10.5. The second kappa shape index (κ2) is 3.37. The second-order valence-corrected chi connectivity index (χ2v) is 2.72. The van der Waals surface area contributed by atoms with Crippen LogP contribution in [0.1, 0.15) is 0 Å². The fourth-order valence-corrected chi connectivity index (χ4v) is 1.25. The minimum atomic E-state index is -0.560. The number of carbonyl (C=O) groups is 1. The number of fused-ring (bicyclic) bond motifs is 1. The SMILES string of the molecule is O=COc1ccc2c([N+](=O)[O-])[nH]nc2c1. The smallest absolute Gasteiger partial charge is 0.350 e. The Morgan fingerprint density at radius 3 is 3.00 bits per heavy atom. The Morgan fingerprint density at radius 1 is 1.53 bits per heavy atom. The van der Waals surface area contributed by atoms with Crippen LogP contribution in [0.25, 0.3) is 10.9 Å². The van der Waals surface area contributed by atoms with E-state index >= 15 is 0 Å². The summed E-state index contributed by atoms with van der Waals surface area (Å²) in [6.45, 7) is 0.280. The second-order valence-electron chi connectivity index (χ2n) is 2.72. The number of rotatable bonds is 3. The summed E-state index contributed by atoms with van der Waals surface area (Å²) in [6.07, 6.45) is 0. The molecule has 0 saturated carbocycles. The molecule has 2 aromatic rings. The van der Waals surface area contributed by atoms with E-state index in [9.17, 15) is 14.9 Å². The largest absolute Gasteiger partial charge is 0.429 e. The number of hydrogen-bond donors (Lipinski definition) is 1. The van der Waals surface area contributed by atoms with Crippen LogP contribution in [0, 0.1) is 10.1 Å². The van der Waals surface area contributed by atoms with Crippen LogP contribution in [0.4, 0.5) is 5.82 Å². The number of aromatic nitrogens is 2. The minimum Gasteiger partial charge on any atom is -0.429 e. The van der Waals surface area contributed by atoms with Crippen LogP contribution < -0.4 is 4.74 Å². The number of hydrogen-bond acceptors (Lipinski definition) is 5. The summed E-state index contributed by atoms with van der Waals surface area (Å²) in [5.41, 5.74) is 0.376. The average Bonchev–Trinajstić information content (AvgIpc) is 2.61. The molecule has 76 valence electrons.